The maximum Gasteiger partial charge on any atom is 0.387 e. The third kappa shape index (κ3) is 5.77. The number of alkyl halides is 2. The molecule has 2 rings (SSSR count). The van der Waals surface area contributed by atoms with Gasteiger partial charge in [-0.15, -0.1) is 0 Å². The molecule has 9 heteroatoms. The predicted octanol–water partition coefficient (Wildman–Crippen LogP) is 2.57. The van der Waals surface area contributed by atoms with Crippen molar-refractivity contribution < 1.29 is 32.6 Å². The molecule has 0 saturated heterocycles. The number of ether oxygens (including phenoxy) is 2. The van der Waals surface area contributed by atoms with Gasteiger partial charge in [-0.2, -0.15) is 8.78 Å². The fourth-order valence-corrected chi connectivity index (χ4v) is 2.02. The van der Waals surface area contributed by atoms with Crippen LogP contribution in [-0.2, 0) is 9.53 Å². The van der Waals surface area contributed by atoms with Gasteiger partial charge in [0.2, 0.25) is 5.91 Å². The quantitative estimate of drug-likeness (QED) is 0.720. The highest BCUT2D eigenvalue weighted by Gasteiger charge is 2.19. The van der Waals surface area contributed by atoms with Gasteiger partial charge in [-0.3, -0.25) is 9.59 Å². The van der Waals surface area contributed by atoms with Crippen LogP contribution in [-0.4, -0.2) is 30.5 Å². The number of amides is 2. The molecule has 2 aromatic carbocycles. The van der Waals surface area contributed by atoms with Gasteiger partial charge in [-0.1, -0.05) is 0 Å². The van der Waals surface area contributed by atoms with E-state index in [4.69, 9.17) is 10.5 Å². The first-order valence-electron chi connectivity index (χ1n) is 7.73. The van der Waals surface area contributed by atoms with E-state index < -0.39 is 30.5 Å². The number of nitrogens with two attached hydrogens (primary N) is 1. The van der Waals surface area contributed by atoms with Gasteiger partial charge in [0.05, 0.1) is 5.56 Å². The van der Waals surface area contributed by atoms with Crippen LogP contribution in [0.1, 0.15) is 27.6 Å². The van der Waals surface area contributed by atoms with Gasteiger partial charge in [-0.25, -0.2) is 4.79 Å². The summed E-state index contributed by atoms with van der Waals surface area (Å²) in [6, 6.07) is 10.7. The van der Waals surface area contributed by atoms with Crippen molar-refractivity contribution in [3.8, 4) is 5.75 Å². The van der Waals surface area contributed by atoms with Crippen LogP contribution < -0.4 is 15.8 Å². The van der Waals surface area contributed by atoms with Crippen molar-refractivity contribution in [2.75, 3.05) is 5.32 Å². The van der Waals surface area contributed by atoms with Gasteiger partial charge in [-0.05, 0) is 55.5 Å². The normalized spacial score (nSPS) is 11.6. The second kappa shape index (κ2) is 8.75. The van der Waals surface area contributed by atoms with E-state index >= 15 is 0 Å². The van der Waals surface area contributed by atoms with Crippen LogP contribution >= 0.6 is 0 Å². The summed E-state index contributed by atoms with van der Waals surface area (Å²) in [5, 5.41) is 2.52. The summed E-state index contributed by atoms with van der Waals surface area (Å²) in [5.74, 6) is -2.09. The number of nitrogens with one attached hydrogen (secondary N) is 1. The Balaban J connectivity index is 1.92. The number of primary amides is 1. The van der Waals surface area contributed by atoms with Gasteiger partial charge in [0.1, 0.15) is 5.75 Å². The van der Waals surface area contributed by atoms with Crippen molar-refractivity contribution in [3.63, 3.8) is 0 Å². The number of rotatable bonds is 7. The summed E-state index contributed by atoms with van der Waals surface area (Å²) < 4.78 is 33.4. The highest BCUT2D eigenvalue weighted by molar-refractivity contribution is 5.98. The van der Waals surface area contributed by atoms with Crippen LogP contribution in [0.4, 0.5) is 14.5 Å². The van der Waals surface area contributed by atoms with E-state index in [9.17, 15) is 23.2 Å². The Morgan fingerprint density at radius 1 is 0.963 bits per heavy atom. The maximum absolute atomic E-state index is 12.1. The third-order valence-electron chi connectivity index (χ3n) is 3.41. The lowest BCUT2D eigenvalue weighted by Gasteiger charge is -2.14. The molecule has 0 aromatic heterocycles. The van der Waals surface area contributed by atoms with Crippen LogP contribution in [0.5, 0.6) is 5.75 Å². The molecular weight excluding hydrogens is 362 g/mol. The summed E-state index contributed by atoms with van der Waals surface area (Å²) in [7, 11) is 0. The van der Waals surface area contributed by atoms with E-state index in [2.05, 4.69) is 10.1 Å². The Hall–Kier alpha value is -3.49. The van der Waals surface area contributed by atoms with Crippen LogP contribution in [0.15, 0.2) is 48.5 Å². The first-order valence-corrected chi connectivity index (χ1v) is 7.73. The number of hydrogen-bond acceptors (Lipinski definition) is 5. The first kappa shape index (κ1) is 19.8. The molecule has 1 atom stereocenters. The Morgan fingerprint density at radius 2 is 1.52 bits per heavy atom. The minimum absolute atomic E-state index is 0.0714. The van der Waals surface area contributed by atoms with Gasteiger partial charge in [0.15, 0.2) is 6.10 Å². The lowest BCUT2D eigenvalue weighted by atomic mass is 10.2. The molecule has 0 aliphatic heterocycles. The molecule has 2 aromatic rings. The second-order valence-electron chi connectivity index (χ2n) is 5.38. The smallest absolute Gasteiger partial charge is 0.387 e. The second-order valence-corrected chi connectivity index (χ2v) is 5.38. The van der Waals surface area contributed by atoms with Gasteiger partial charge >= 0.3 is 12.6 Å². The van der Waals surface area contributed by atoms with Crippen molar-refractivity contribution >= 4 is 23.5 Å². The SMILES string of the molecule is C[C@H](OC(=O)c1ccc(OC(F)F)cc1)C(=O)Nc1ccc(C(N)=O)cc1. The fourth-order valence-electron chi connectivity index (χ4n) is 2.02. The van der Waals surface area contributed by atoms with E-state index in [1.54, 1.807) is 0 Å². The largest absolute Gasteiger partial charge is 0.449 e. The summed E-state index contributed by atoms with van der Waals surface area (Å²) in [6.45, 7) is -1.59. The first-order chi connectivity index (χ1) is 12.8. The van der Waals surface area contributed by atoms with Crippen LogP contribution in [0.25, 0.3) is 0 Å². The Morgan fingerprint density at radius 3 is 2.04 bits per heavy atom. The fraction of sp³-hybridized carbons (Fsp3) is 0.167. The zero-order chi connectivity index (χ0) is 20.0. The third-order valence-corrected chi connectivity index (χ3v) is 3.41. The highest BCUT2D eigenvalue weighted by Crippen LogP contribution is 2.16. The van der Waals surface area contributed by atoms with Crippen molar-refractivity contribution in [1.82, 2.24) is 0 Å². The van der Waals surface area contributed by atoms with Crippen molar-refractivity contribution in [1.29, 1.82) is 0 Å². The van der Waals surface area contributed by atoms with Gasteiger partial charge in [0.25, 0.3) is 5.91 Å². The summed E-state index contributed by atoms with van der Waals surface area (Å²) in [4.78, 5) is 35.1. The molecule has 142 valence electrons. The minimum atomic E-state index is -2.97. The van der Waals surface area contributed by atoms with Crippen LogP contribution in [0.2, 0.25) is 0 Å². The number of carbonyl (C=O) groups is 3. The average molecular weight is 378 g/mol. The zero-order valence-electron chi connectivity index (χ0n) is 14.1. The Bertz CT molecular complexity index is 823. The summed E-state index contributed by atoms with van der Waals surface area (Å²) in [6.07, 6.45) is -1.12. The molecule has 0 bridgehead atoms. The van der Waals surface area contributed by atoms with E-state index in [0.29, 0.717) is 5.69 Å². The number of esters is 1. The minimum Gasteiger partial charge on any atom is -0.449 e. The molecule has 3 N–H and O–H groups in total. The topological polar surface area (TPSA) is 108 Å². The van der Waals surface area contributed by atoms with E-state index in [1.165, 1.54) is 55.5 Å². The monoisotopic (exact) mass is 378 g/mol. The Labute approximate surface area is 153 Å². The molecule has 0 radical (unpaired) electrons. The van der Waals surface area contributed by atoms with Crippen molar-refractivity contribution in [2.45, 2.75) is 19.6 Å². The molecule has 27 heavy (non-hydrogen) atoms. The molecule has 0 spiro atoms. The molecule has 0 heterocycles. The standard InChI is InChI=1S/C18H16F2N2O5/c1-10(16(24)22-13-6-2-11(3-7-13)15(21)23)26-17(25)12-4-8-14(9-5-12)27-18(19)20/h2-10,18H,1H3,(H2,21,23)(H,22,24)/t10-/m0/s1. The summed E-state index contributed by atoms with van der Waals surface area (Å²) >= 11 is 0. The molecular formula is C18H16F2N2O5. The maximum atomic E-state index is 12.1. The van der Waals surface area contributed by atoms with Crippen LogP contribution in [0, 0.1) is 0 Å². The van der Waals surface area contributed by atoms with E-state index in [0.717, 1.165) is 0 Å². The molecule has 0 aliphatic rings. The number of halogens is 2. The number of carbonyl (C=O) groups excluding carboxylic acids is 3. The molecule has 0 saturated carbocycles. The van der Waals surface area contributed by atoms with Crippen molar-refractivity contribution in [3.05, 3.63) is 59.7 Å². The molecule has 2 amide bonds. The van der Waals surface area contributed by atoms with Gasteiger partial charge in [0, 0.05) is 11.3 Å². The zero-order valence-corrected chi connectivity index (χ0v) is 14.1. The molecule has 0 aliphatic carbocycles. The number of anilines is 1. The summed E-state index contributed by atoms with van der Waals surface area (Å²) in [5.41, 5.74) is 5.87. The lowest BCUT2D eigenvalue weighted by molar-refractivity contribution is -0.123. The van der Waals surface area contributed by atoms with E-state index in [-0.39, 0.29) is 16.9 Å². The Kier molecular flexibility index (Phi) is 6.42. The molecule has 7 nitrogen and oxygen atoms in total. The average Bonchev–Trinajstić information content (AvgIpc) is 2.62. The van der Waals surface area contributed by atoms with Crippen molar-refractivity contribution in [2.24, 2.45) is 5.73 Å². The highest BCUT2D eigenvalue weighted by atomic mass is 19.3. The van der Waals surface area contributed by atoms with E-state index in [1.807, 2.05) is 0 Å². The van der Waals surface area contributed by atoms with Crippen LogP contribution in [0.3, 0.4) is 0 Å². The molecule has 0 unspecified atom stereocenters. The predicted molar refractivity (Wildman–Crippen MR) is 91.5 cm³/mol. The number of benzene rings is 2. The number of hydrogen-bond donors (Lipinski definition) is 2. The lowest BCUT2D eigenvalue weighted by Crippen LogP contribution is -2.30. The van der Waals surface area contributed by atoms with Gasteiger partial charge < -0.3 is 20.5 Å². The molecule has 0 fully saturated rings.